The smallest absolute Gasteiger partial charge is 0.311 e. The second-order valence-corrected chi connectivity index (χ2v) is 4.72. The van der Waals surface area contributed by atoms with Gasteiger partial charge >= 0.3 is 5.69 Å². The van der Waals surface area contributed by atoms with Crippen molar-refractivity contribution in [1.29, 1.82) is 0 Å². The predicted octanol–water partition coefficient (Wildman–Crippen LogP) is 1.49. The van der Waals surface area contributed by atoms with Crippen molar-refractivity contribution in [3.63, 3.8) is 0 Å². The van der Waals surface area contributed by atoms with Crippen LogP contribution in [0.15, 0.2) is 12.1 Å². The largest absolute Gasteiger partial charge is 0.384 e. The van der Waals surface area contributed by atoms with E-state index in [1.807, 2.05) is 11.8 Å². The van der Waals surface area contributed by atoms with E-state index in [0.717, 1.165) is 17.9 Å². The van der Waals surface area contributed by atoms with Gasteiger partial charge in [0.05, 0.1) is 4.92 Å². The zero-order chi connectivity index (χ0) is 11.5. The van der Waals surface area contributed by atoms with Crippen molar-refractivity contribution in [2.45, 2.75) is 12.5 Å². The molecule has 0 aromatic carbocycles. The van der Waals surface area contributed by atoms with E-state index in [9.17, 15) is 10.1 Å². The summed E-state index contributed by atoms with van der Waals surface area (Å²) >= 11 is 1.83. The molecule has 6 nitrogen and oxygen atoms in total. The molecule has 0 amide bonds. The van der Waals surface area contributed by atoms with Crippen molar-refractivity contribution < 1.29 is 4.92 Å². The third kappa shape index (κ3) is 2.35. The molecule has 1 aromatic heterocycles. The molecule has 1 atom stereocenters. The Bertz CT molecular complexity index is 406. The molecule has 0 bridgehead atoms. The lowest BCUT2D eigenvalue weighted by Gasteiger charge is -2.12. The molecular formula is C9H12N4O2S. The Labute approximate surface area is 96.8 Å². The van der Waals surface area contributed by atoms with E-state index in [2.05, 4.69) is 10.3 Å². The van der Waals surface area contributed by atoms with E-state index in [1.165, 1.54) is 12.1 Å². The average Bonchev–Trinajstić information content (AvgIpc) is 2.70. The van der Waals surface area contributed by atoms with E-state index >= 15 is 0 Å². The summed E-state index contributed by atoms with van der Waals surface area (Å²) in [5.41, 5.74) is 5.50. The number of nitrogens with one attached hydrogen (secondary N) is 1. The zero-order valence-electron chi connectivity index (χ0n) is 8.55. The van der Waals surface area contributed by atoms with E-state index in [1.54, 1.807) is 0 Å². The van der Waals surface area contributed by atoms with Crippen LogP contribution in [0.3, 0.4) is 0 Å². The Morgan fingerprint density at radius 2 is 2.44 bits per heavy atom. The van der Waals surface area contributed by atoms with Crippen LogP contribution in [0.5, 0.6) is 0 Å². The van der Waals surface area contributed by atoms with Crippen LogP contribution in [0.1, 0.15) is 6.42 Å². The maximum Gasteiger partial charge on any atom is 0.311 e. The molecule has 1 saturated heterocycles. The Morgan fingerprint density at radius 3 is 3.06 bits per heavy atom. The molecule has 0 spiro atoms. The van der Waals surface area contributed by atoms with Gasteiger partial charge in [-0.1, -0.05) is 0 Å². The number of thioether (sulfide) groups is 1. The van der Waals surface area contributed by atoms with Crippen molar-refractivity contribution in [2.24, 2.45) is 0 Å². The predicted molar refractivity (Wildman–Crippen MR) is 64.7 cm³/mol. The molecule has 16 heavy (non-hydrogen) atoms. The van der Waals surface area contributed by atoms with Gasteiger partial charge in [0.15, 0.2) is 0 Å². The topological polar surface area (TPSA) is 94.1 Å². The van der Waals surface area contributed by atoms with Crippen molar-refractivity contribution >= 4 is 29.1 Å². The zero-order valence-corrected chi connectivity index (χ0v) is 9.37. The first-order chi connectivity index (χ1) is 7.66. The van der Waals surface area contributed by atoms with Crippen LogP contribution in [-0.4, -0.2) is 27.5 Å². The van der Waals surface area contributed by atoms with Gasteiger partial charge in [-0.05, 0) is 18.2 Å². The number of nitrogens with zero attached hydrogens (tertiary/aromatic N) is 2. The third-order valence-electron chi connectivity index (χ3n) is 2.36. The Morgan fingerprint density at radius 1 is 1.62 bits per heavy atom. The van der Waals surface area contributed by atoms with E-state index in [-0.39, 0.29) is 17.5 Å². The van der Waals surface area contributed by atoms with Gasteiger partial charge in [-0.2, -0.15) is 11.8 Å². The van der Waals surface area contributed by atoms with Gasteiger partial charge in [0.1, 0.15) is 5.82 Å². The van der Waals surface area contributed by atoms with Gasteiger partial charge < -0.3 is 11.1 Å². The minimum atomic E-state index is -0.448. The summed E-state index contributed by atoms with van der Waals surface area (Å²) < 4.78 is 0. The minimum Gasteiger partial charge on any atom is -0.384 e. The van der Waals surface area contributed by atoms with Crippen molar-refractivity contribution in [1.82, 2.24) is 4.98 Å². The maximum absolute atomic E-state index is 10.8. The van der Waals surface area contributed by atoms with Crippen LogP contribution in [0.4, 0.5) is 17.3 Å². The number of hydrogen-bond acceptors (Lipinski definition) is 6. The Kier molecular flexibility index (Phi) is 3.14. The first-order valence-corrected chi connectivity index (χ1v) is 6.07. The van der Waals surface area contributed by atoms with Crippen LogP contribution >= 0.6 is 11.8 Å². The molecule has 1 aromatic rings. The fraction of sp³-hybridized carbons (Fsp3) is 0.444. The lowest BCUT2D eigenvalue weighted by Crippen LogP contribution is -2.20. The first-order valence-electron chi connectivity index (χ1n) is 4.92. The third-order valence-corrected chi connectivity index (χ3v) is 3.53. The summed E-state index contributed by atoms with van der Waals surface area (Å²) in [7, 11) is 0. The lowest BCUT2D eigenvalue weighted by molar-refractivity contribution is -0.384. The van der Waals surface area contributed by atoms with E-state index < -0.39 is 4.92 Å². The van der Waals surface area contributed by atoms with Crippen LogP contribution in [0, 0.1) is 10.1 Å². The van der Waals surface area contributed by atoms with E-state index in [0.29, 0.717) is 5.82 Å². The van der Waals surface area contributed by atoms with Gasteiger partial charge in [0.2, 0.25) is 5.82 Å². The van der Waals surface area contributed by atoms with Crippen LogP contribution in [0.2, 0.25) is 0 Å². The minimum absolute atomic E-state index is 0.0221. The fourth-order valence-corrected chi connectivity index (χ4v) is 2.71. The van der Waals surface area contributed by atoms with Gasteiger partial charge in [-0.15, -0.1) is 0 Å². The maximum atomic E-state index is 10.8. The molecule has 0 saturated carbocycles. The molecule has 2 rings (SSSR count). The summed E-state index contributed by atoms with van der Waals surface area (Å²) in [5, 5.41) is 13.9. The molecule has 86 valence electrons. The van der Waals surface area contributed by atoms with Gasteiger partial charge in [-0.25, -0.2) is 4.98 Å². The summed E-state index contributed by atoms with van der Waals surface area (Å²) in [4.78, 5) is 14.3. The molecule has 7 heteroatoms. The molecule has 2 heterocycles. The van der Waals surface area contributed by atoms with Crippen molar-refractivity contribution in [3.05, 3.63) is 22.2 Å². The highest BCUT2D eigenvalue weighted by atomic mass is 32.2. The summed E-state index contributed by atoms with van der Waals surface area (Å²) in [6.45, 7) is 0. The number of pyridine rings is 1. The number of rotatable bonds is 3. The molecular weight excluding hydrogens is 228 g/mol. The van der Waals surface area contributed by atoms with Crippen molar-refractivity contribution in [2.75, 3.05) is 22.6 Å². The first kappa shape index (κ1) is 11.0. The average molecular weight is 240 g/mol. The number of aromatic nitrogens is 1. The standard InChI is InChI=1S/C9H12N4O2S/c10-8-2-1-7(13(14)15)9(12-8)11-6-3-4-16-5-6/h1-2,6H,3-5H2,(H3,10,11,12). The summed E-state index contributed by atoms with van der Waals surface area (Å²) in [5.74, 6) is 2.60. The monoisotopic (exact) mass is 240 g/mol. The SMILES string of the molecule is Nc1ccc([N+](=O)[O-])c(NC2CCSC2)n1. The fourth-order valence-electron chi connectivity index (χ4n) is 1.56. The van der Waals surface area contributed by atoms with Gasteiger partial charge in [0.25, 0.3) is 0 Å². The number of nitrogen functional groups attached to an aromatic ring is 1. The molecule has 1 aliphatic rings. The van der Waals surface area contributed by atoms with Gasteiger partial charge in [-0.3, -0.25) is 10.1 Å². The quantitative estimate of drug-likeness (QED) is 0.614. The van der Waals surface area contributed by atoms with Crippen LogP contribution in [0.25, 0.3) is 0 Å². The second-order valence-electron chi connectivity index (χ2n) is 3.57. The molecule has 0 radical (unpaired) electrons. The highest BCUT2D eigenvalue weighted by molar-refractivity contribution is 7.99. The number of nitro groups is 1. The normalized spacial score (nSPS) is 19.6. The van der Waals surface area contributed by atoms with Crippen LogP contribution in [-0.2, 0) is 0 Å². The Balaban J connectivity index is 2.22. The van der Waals surface area contributed by atoms with Crippen molar-refractivity contribution in [3.8, 4) is 0 Å². The highest BCUT2D eigenvalue weighted by Gasteiger charge is 2.21. The molecule has 1 fully saturated rings. The second kappa shape index (κ2) is 4.56. The van der Waals surface area contributed by atoms with E-state index in [4.69, 9.17) is 5.73 Å². The number of hydrogen-bond donors (Lipinski definition) is 2. The molecule has 3 N–H and O–H groups in total. The Hall–Kier alpha value is -1.50. The van der Waals surface area contributed by atoms with Crippen LogP contribution < -0.4 is 11.1 Å². The summed E-state index contributed by atoms with van der Waals surface area (Å²) in [6.07, 6.45) is 0.998. The number of nitrogens with two attached hydrogens (primary N) is 1. The van der Waals surface area contributed by atoms with Gasteiger partial charge in [0, 0.05) is 17.9 Å². The highest BCUT2D eigenvalue weighted by Crippen LogP contribution is 2.27. The molecule has 0 aliphatic carbocycles. The number of anilines is 2. The molecule has 1 unspecified atom stereocenters. The lowest BCUT2D eigenvalue weighted by atomic mass is 10.2. The molecule has 1 aliphatic heterocycles. The summed E-state index contributed by atoms with van der Waals surface area (Å²) in [6, 6.07) is 3.07.